The minimum atomic E-state index is -2.57. The molecule has 0 radical (unpaired) electrons. The third-order valence-electron chi connectivity index (χ3n) is 10.7. The zero-order chi connectivity index (χ0) is 42.5. The van der Waals surface area contributed by atoms with Gasteiger partial charge in [-0.2, -0.15) is 0 Å². The number of hydrogen-bond donors (Lipinski definition) is 0. The molecular formula is C44H48Cl4N2O8Si. The third kappa shape index (κ3) is 10.7. The molecule has 10 nitrogen and oxygen atoms in total. The summed E-state index contributed by atoms with van der Waals surface area (Å²) >= 11 is 26.9. The van der Waals surface area contributed by atoms with Crippen molar-refractivity contribution >= 4 is 54.7 Å². The molecule has 2 heterocycles. The van der Waals surface area contributed by atoms with Crippen LogP contribution in [0.25, 0.3) is 0 Å². The van der Waals surface area contributed by atoms with E-state index in [0.717, 1.165) is 15.7 Å². The lowest BCUT2D eigenvalue weighted by Crippen LogP contribution is -2.51. The Kier molecular flexibility index (Phi) is 14.9. The van der Waals surface area contributed by atoms with Crippen molar-refractivity contribution in [2.75, 3.05) is 13.7 Å². The van der Waals surface area contributed by atoms with Crippen LogP contribution in [0.15, 0.2) is 113 Å². The number of aromatic nitrogens is 2. The number of hydrogen-bond acceptors (Lipinski definition) is 8. The molecule has 5 atom stereocenters. The van der Waals surface area contributed by atoms with Crippen LogP contribution in [-0.4, -0.2) is 49.5 Å². The second kappa shape index (κ2) is 19.5. The Balaban J connectivity index is 1.41. The van der Waals surface area contributed by atoms with Gasteiger partial charge in [0.1, 0.15) is 36.9 Å². The summed E-state index contributed by atoms with van der Waals surface area (Å²) in [5, 5.41) is 1.13. The van der Waals surface area contributed by atoms with Crippen molar-refractivity contribution < 1.29 is 28.1 Å². The predicted molar refractivity (Wildman–Crippen MR) is 234 cm³/mol. The van der Waals surface area contributed by atoms with E-state index in [0.29, 0.717) is 26.9 Å². The summed E-state index contributed by atoms with van der Waals surface area (Å²) in [5.41, 5.74) is 1.64. The third-order valence-corrected chi connectivity index (χ3v) is 16.4. The highest BCUT2D eigenvalue weighted by molar-refractivity contribution is 6.74. The molecule has 1 aliphatic heterocycles. The molecule has 0 amide bonds. The van der Waals surface area contributed by atoms with Crippen LogP contribution < -0.4 is 16.0 Å². The maximum Gasteiger partial charge on any atom is 0.335 e. The Morgan fingerprint density at radius 3 is 2.02 bits per heavy atom. The first-order valence-electron chi connectivity index (χ1n) is 19.1. The Bertz CT molecular complexity index is 2300. The summed E-state index contributed by atoms with van der Waals surface area (Å²) < 4.78 is 41.2. The average Bonchev–Trinajstić information content (AvgIpc) is 3.52. The molecule has 1 aliphatic rings. The van der Waals surface area contributed by atoms with Gasteiger partial charge in [-0.25, -0.2) is 9.36 Å². The quantitative estimate of drug-likeness (QED) is 0.0903. The molecule has 0 spiro atoms. The number of ether oxygens (including phenoxy) is 5. The second-order valence-corrected chi connectivity index (χ2v) is 22.2. The topological polar surface area (TPSA) is 99.4 Å². The fraction of sp³-hybridized carbons (Fsp3) is 0.364. The first-order chi connectivity index (χ1) is 28.1. The lowest BCUT2D eigenvalue weighted by Gasteiger charge is -2.40. The van der Waals surface area contributed by atoms with Crippen LogP contribution in [0, 0.1) is 0 Å². The highest BCUT2D eigenvalue weighted by Crippen LogP contribution is 2.45. The maximum atomic E-state index is 14.3. The molecule has 6 rings (SSSR count). The number of nitrogens with zero attached hydrogens (tertiary/aromatic N) is 2. The van der Waals surface area contributed by atoms with Gasteiger partial charge < -0.3 is 28.1 Å². The fourth-order valence-corrected chi connectivity index (χ4v) is 9.00. The van der Waals surface area contributed by atoms with Crippen molar-refractivity contribution in [3.05, 3.63) is 166 Å². The van der Waals surface area contributed by atoms with Crippen molar-refractivity contribution in [1.82, 2.24) is 9.13 Å². The molecule has 0 N–H and O–H groups in total. The minimum Gasteiger partial charge on any atom is -0.497 e. The first-order valence-corrected chi connectivity index (χ1v) is 23.5. The van der Waals surface area contributed by atoms with Crippen molar-refractivity contribution in [2.45, 2.75) is 89.5 Å². The van der Waals surface area contributed by atoms with Gasteiger partial charge in [-0.3, -0.25) is 9.36 Å². The highest BCUT2D eigenvalue weighted by Gasteiger charge is 2.52. The molecule has 1 unspecified atom stereocenters. The second-order valence-electron chi connectivity index (χ2n) is 15.8. The van der Waals surface area contributed by atoms with Gasteiger partial charge in [-0.15, -0.1) is 0 Å². The van der Waals surface area contributed by atoms with Gasteiger partial charge in [0, 0.05) is 33.4 Å². The number of benzene rings is 4. The monoisotopic (exact) mass is 900 g/mol. The normalized spacial score (nSPS) is 18.9. The average molecular weight is 903 g/mol. The van der Waals surface area contributed by atoms with E-state index in [-0.39, 0.29) is 41.6 Å². The largest absolute Gasteiger partial charge is 0.497 e. The lowest BCUT2D eigenvalue weighted by molar-refractivity contribution is -0.0885. The Labute approximate surface area is 365 Å². The van der Waals surface area contributed by atoms with E-state index in [2.05, 4.69) is 33.9 Å². The Morgan fingerprint density at radius 2 is 1.42 bits per heavy atom. The summed E-state index contributed by atoms with van der Waals surface area (Å²) in [4.78, 5) is 27.5. The van der Waals surface area contributed by atoms with Crippen LogP contribution in [0.5, 0.6) is 5.75 Å². The molecule has 1 fully saturated rings. The molecule has 0 saturated carbocycles. The van der Waals surface area contributed by atoms with Gasteiger partial charge in [0.25, 0.3) is 5.56 Å². The summed E-state index contributed by atoms with van der Waals surface area (Å²) in [7, 11) is -1.05. The Hall–Kier alpha value is -3.46. The van der Waals surface area contributed by atoms with Crippen LogP contribution in [-0.2, 0) is 43.3 Å². The molecular weight excluding hydrogens is 854 g/mol. The summed E-state index contributed by atoms with van der Waals surface area (Å²) in [6.45, 7) is 10.7. The predicted octanol–water partition coefficient (Wildman–Crippen LogP) is 10.5. The summed E-state index contributed by atoms with van der Waals surface area (Å²) in [6, 6.07) is 28.8. The van der Waals surface area contributed by atoms with Gasteiger partial charge in [0.05, 0.1) is 37.0 Å². The number of rotatable bonds is 16. The minimum absolute atomic E-state index is 0.0854. The maximum absolute atomic E-state index is 14.3. The van der Waals surface area contributed by atoms with Crippen LogP contribution in [0.4, 0.5) is 0 Å². The Morgan fingerprint density at radius 1 is 0.797 bits per heavy atom. The van der Waals surface area contributed by atoms with E-state index in [1.165, 1.54) is 23.9 Å². The van der Waals surface area contributed by atoms with Crippen LogP contribution in [0.3, 0.4) is 0 Å². The molecule has 314 valence electrons. The standard InChI is InChI=1S/C44H48Cl4N2O8Si/c1-44(2,3)59(5,6)58-40-36(26-56-39(32-18-17-30(45)21-33(32)46)38-34(47)22-31(53-4)23-35(38)48)57-42(41(40)55-25-29-15-11-8-12-16-29)49-20-19-37(51)50(43(49)52)27-54-24-28-13-9-7-10-14-28/h7-23,36,39-42H,24-27H2,1-6H3/t36-,39?,40-,41-,42-/m1/s1. The molecule has 1 saturated heterocycles. The highest BCUT2D eigenvalue weighted by atomic mass is 35.5. The first kappa shape index (κ1) is 45.1. The van der Waals surface area contributed by atoms with E-state index in [1.807, 2.05) is 60.7 Å². The van der Waals surface area contributed by atoms with E-state index in [1.54, 1.807) is 30.3 Å². The van der Waals surface area contributed by atoms with Gasteiger partial charge in [0.15, 0.2) is 14.5 Å². The van der Waals surface area contributed by atoms with E-state index in [4.69, 9.17) is 74.5 Å². The molecule has 5 aromatic rings. The van der Waals surface area contributed by atoms with Gasteiger partial charge in [-0.1, -0.05) is 134 Å². The summed E-state index contributed by atoms with van der Waals surface area (Å²) in [5.74, 6) is 0.463. The number of halogens is 4. The van der Waals surface area contributed by atoms with E-state index >= 15 is 0 Å². The van der Waals surface area contributed by atoms with Crippen molar-refractivity contribution in [1.29, 1.82) is 0 Å². The molecule has 4 aromatic carbocycles. The summed E-state index contributed by atoms with van der Waals surface area (Å²) in [6.07, 6.45) is -2.96. The van der Waals surface area contributed by atoms with Gasteiger partial charge >= 0.3 is 5.69 Å². The molecule has 0 aliphatic carbocycles. The van der Waals surface area contributed by atoms with Crippen molar-refractivity contribution in [3.63, 3.8) is 0 Å². The van der Waals surface area contributed by atoms with Gasteiger partial charge in [0.2, 0.25) is 0 Å². The zero-order valence-electron chi connectivity index (χ0n) is 33.7. The number of methoxy groups -OCH3 is 1. The molecule has 1 aromatic heterocycles. The van der Waals surface area contributed by atoms with Crippen LogP contribution >= 0.6 is 46.4 Å². The zero-order valence-corrected chi connectivity index (χ0v) is 37.7. The lowest BCUT2D eigenvalue weighted by atomic mass is 10.0. The SMILES string of the molecule is COc1cc(Cl)c(C(OC[C@H]2O[C@@H](n3ccc(=O)n(COCc4ccccc4)c3=O)[C@H](OCc3ccccc3)[C@@H]2O[Si](C)(C)C(C)(C)C)c2ccc(Cl)cc2Cl)c(Cl)c1. The van der Waals surface area contributed by atoms with E-state index < -0.39 is 50.2 Å². The van der Waals surface area contributed by atoms with E-state index in [9.17, 15) is 9.59 Å². The molecule has 15 heteroatoms. The van der Waals surface area contributed by atoms with Gasteiger partial charge in [-0.05, 0) is 53.5 Å². The van der Waals surface area contributed by atoms with Crippen LogP contribution in [0.2, 0.25) is 38.2 Å². The molecule has 59 heavy (non-hydrogen) atoms. The van der Waals surface area contributed by atoms with Crippen LogP contribution in [0.1, 0.15) is 55.4 Å². The molecule has 0 bridgehead atoms. The van der Waals surface area contributed by atoms with Crippen molar-refractivity contribution in [3.8, 4) is 5.75 Å². The van der Waals surface area contributed by atoms with Crippen molar-refractivity contribution in [2.24, 2.45) is 0 Å². The fourth-order valence-electron chi connectivity index (χ4n) is 6.51. The smallest absolute Gasteiger partial charge is 0.335 e.